The van der Waals surface area contributed by atoms with Crippen LogP contribution < -0.4 is 0 Å². The Hall–Kier alpha value is -1.53. The molecule has 1 aliphatic carbocycles. The second-order valence-corrected chi connectivity index (χ2v) is 4.24. The number of halogens is 3. The number of aromatic nitrogens is 2. The number of carbonyl (C=O) groups is 1. The lowest BCUT2D eigenvalue weighted by Gasteiger charge is -2.16. The highest BCUT2D eigenvalue weighted by Crippen LogP contribution is 2.41. The van der Waals surface area contributed by atoms with Crippen LogP contribution in [0.1, 0.15) is 42.0 Å². The molecule has 1 fully saturated rings. The maximum absolute atomic E-state index is 12.7. The number of aromatic carboxylic acids is 1. The van der Waals surface area contributed by atoms with Gasteiger partial charge >= 0.3 is 12.1 Å². The Morgan fingerprint density at radius 3 is 2.59 bits per heavy atom. The van der Waals surface area contributed by atoms with Crippen LogP contribution in [0.25, 0.3) is 0 Å². The van der Waals surface area contributed by atoms with Crippen molar-refractivity contribution in [3.63, 3.8) is 0 Å². The van der Waals surface area contributed by atoms with Crippen LogP contribution in [0.3, 0.4) is 0 Å². The zero-order chi connectivity index (χ0) is 12.8. The van der Waals surface area contributed by atoms with Crippen molar-refractivity contribution in [1.29, 1.82) is 0 Å². The van der Waals surface area contributed by atoms with Crippen LogP contribution in [0.5, 0.6) is 0 Å². The van der Waals surface area contributed by atoms with Gasteiger partial charge in [0.1, 0.15) is 5.69 Å². The number of nitrogens with zero attached hydrogens (tertiary/aromatic N) is 2. The molecule has 1 aliphatic rings. The number of hydrogen-bond acceptors (Lipinski definition) is 2. The average molecular weight is 248 g/mol. The van der Waals surface area contributed by atoms with Crippen molar-refractivity contribution in [2.45, 2.75) is 32.0 Å². The molecule has 0 radical (unpaired) electrons. The van der Waals surface area contributed by atoms with Crippen LogP contribution in [0.4, 0.5) is 13.2 Å². The van der Waals surface area contributed by atoms with E-state index in [1.54, 1.807) is 6.92 Å². The zero-order valence-corrected chi connectivity index (χ0v) is 9.03. The Kier molecular flexibility index (Phi) is 2.63. The normalized spacial score (nSPS) is 18.1. The fourth-order valence-corrected chi connectivity index (χ4v) is 1.80. The van der Waals surface area contributed by atoms with Gasteiger partial charge in [0.2, 0.25) is 0 Å². The Bertz CT molecular complexity index is 449. The van der Waals surface area contributed by atoms with Gasteiger partial charge < -0.3 is 5.11 Å². The number of carboxylic acids is 1. The molecular weight excluding hydrogens is 237 g/mol. The molecular formula is C10H11F3N2O2. The third-order valence-electron chi connectivity index (χ3n) is 2.94. The third kappa shape index (κ3) is 2.27. The Balaban J connectivity index is 2.43. The van der Waals surface area contributed by atoms with Gasteiger partial charge in [-0.1, -0.05) is 0 Å². The maximum atomic E-state index is 12.7. The minimum absolute atomic E-state index is 0.164. The van der Waals surface area contributed by atoms with Gasteiger partial charge in [0.25, 0.3) is 0 Å². The van der Waals surface area contributed by atoms with E-state index in [9.17, 15) is 18.0 Å². The molecule has 0 bridgehead atoms. The van der Waals surface area contributed by atoms with Crippen molar-refractivity contribution >= 4 is 5.97 Å². The summed E-state index contributed by atoms with van der Waals surface area (Å²) in [5.41, 5.74) is -1.56. The van der Waals surface area contributed by atoms with E-state index < -0.39 is 29.6 Å². The summed E-state index contributed by atoms with van der Waals surface area (Å²) >= 11 is 0. The van der Waals surface area contributed by atoms with Gasteiger partial charge in [-0.15, -0.1) is 0 Å². The first-order valence-electron chi connectivity index (χ1n) is 5.20. The lowest BCUT2D eigenvalue weighted by atomic mass is 10.2. The molecule has 1 heterocycles. The minimum Gasteiger partial charge on any atom is -0.476 e. The highest BCUT2D eigenvalue weighted by Gasteiger charge is 2.40. The fraction of sp³-hybridized carbons (Fsp3) is 0.600. The van der Waals surface area contributed by atoms with Gasteiger partial charge in [0, 0.05) is 6.07 Å². The first-order chi connectivity index (χ1) is 7.80. The number of rotatable bonds is 3. The van der Waals surface area contributed by atoms with Gasteiger partial charge in [0.05, 0.1) is 6.04 Å². The summed E-state index contributed by atoms with van der Waals surface area (Å²) in [6, 6.07) is 0.168. The molecule has 0 amide bonds. The summed E-state index contributed by atoms with van der Waals surface area (Å²) < 4.78 is 38.9. The SMILES string of the molecule is C[C@H](C1CC1)n1nc(C(=O)O)cc1C(F)(F)F. The van der Waals surface area contributed by atoms with Crippen molar-refractivity contribution in [2.24, 2.45) is 5.92 Å². The first kappa shape index (κ1) is 11.9. The lowest BCUT2D eigenvalue weighted by molar-refractivity contribution is -0.145. The van der Waals surface area contributed by atoms with E-state index in [1.165, 1.54) is 0 Å². The Morgan fingerprint density at radius 2 is 2.18 bits per heavy atom. The van der Waals surface area contributed by atoms with Gasteiger partial charge in [-0.2, -0.15) is 18.3 Å². The summed E-state index contributed by atoms with van der Waals surface area (Å²) in [5.74, 6) is -1.28. The Labute approximate surface area is 95.0 Å². The molecule has 0 unspecified atom stereocenters. The summed E-state index contributed by atoms with van der Waals surface area (Å²) in [5, 5.41) is 12.2. The average Bonchev–Trinajstić information content (AvgIpc) is 2.92. The standard InChI is InChI=1S/C10H11F3N2O2/c1-5(6-2-3-6)15-8(10(11,12)13)4-7(14-15)9(16)17/h4-6H,2-3H2,1H3,(H,16,17)/t5-/m1/s1. The number of carboxylic acid groups (broad SMARTS) is 1. The van der Waals surface area contributed by atoms with Gasteiger partial charge in [-0.25, -0.2) is 4.79 Å². The summed E-state index contributed by atoms with van der Waals surface area (Å²) in [7, 11) is 0. The fourth-order valence-electron chi connectivity index (χ4n) is 1.80. The predicted molar refractivity (Wildman–Crippen MR) is 51.6 cm³/mol. The molecule has 17 heavy (non-hydrogen) atoms. The van der Waals surface area contributed by atoms with Crippen molar-refractivity contribution in [2.75, 3.05) is 0 Å². The molecule has 4 nitrogen and oxygen atoms in total. The molecule has 1 saturated carbocycles. The van der Waals surface area contributed by atoms with Crippen molar-refractivity contribution in [3.05, 3.63) is 17.5 Å². The van der Waals surface area contributed by atoms with Crippen molar-refractivity contribution in [3.8, 4) is 0 Å². The third-order valence-corrected chi connectivity index (χ3v) is 2.94. The summed E-state index contributed by atoms with van der Waals surface area (Å²) in [6.45, 7) is 1.63. The van der Waals surface area contributed by atoms with Crippen molar-refractivity contribution < 1.29 is 23.1 Å². The highest BCUT2D eigenvalue weighted by atomic mass is 19.4. The van der Waals surface area contributed by atoms with Crippen LogP contribution in [0, 0.1) is 5.92 Å². The van der Waals surface area contributed by atoms with E-state index in [-0.39, 0.29) is 5.92 Å². The summed E-state index contributed by atoms with van der Waals surface area (Å²) in [6.07, 6.45) is -2.86. The molecule has 2 rings (SSSR count). The van der Waals surface area contributed by atoms with Crippen LogP contribution in [-0.4, -0.2) is 20.9 Å². The number of hydrogen-bond donors (Lipinski definition) is 1. The van der Waals surface area contributed by atoms with Gasteiger partial charge in [-0.05, 0) is 25.7 Å². The highest BCUT2D eigenvalue weighted by molar-refractivity contribution is 5.85. The summed E-state index contributed by atoms with van der Waals surface area (Å²) in [4.78, 5) is 10.7. The minimum atomic E-state index is -4.58. The molecule has 7 heteroatoms. The smallest absolute Gasteiger partial charge is 0.433 e. The van der Waals surface area contributed by atoms with Crippen LogP contribution >= 0.6 is 0 Å². The second-order valence-electron chi connectivity index (χ2n) is 4.24. The molecule has 0 spiro atoms. The Morgan fingerprint density at radius 1 is 1.59 bits per heavy atom. The topological polar surface area (TPSA) is 55.1 Å². The van der Waals surface area contributed by atoms with E-state index in [0.717, 1.165) is 17.5 Å². The molecule has 1 aromatic heterocycles. The molecule has 1 aromatic rings. The zero-order valence-electron chi connectivity index (χ0n) is 9.03. The van der Waals surface area contributed by atoms with Crippen LogP contribution in [0.15, 0.2) is 6.07 Å². The van der Waals surface area contributed by atoms with E-state index in [1.807, 2.05) is 0 Å². The maximum Gasteiger partial charge on any atom is 0.433 e. The molecule has 1 N–H and O–H groups in total. The molecule has 0 aliphatic heterocycles. The van der Waals surface area contributed by atoms with Gasteiger partial charge in [-0.3, -0.25) is 4.68 Å². The van der Waals surface area contributed by atoms with E-state index in [0.29, 0.717) is 6.07 Å². The van der Waals surface area contributed by atoms with E-state index in [4.69, 9.17) is 5.11 Å². The van der Waals surface area contributed by atoms with Crippen LogP contribution in [-0.2, 0) is 6.18 Å². The van der Waals surface area contributed by atoms with Crippen molar-refractivity contribution in [1.82, 2.24) is 9.78 Å². The first-order valence-corrected chi connectivity index (χ1v) is 5.20. The largest absolute Gasteiger partial charge is 0.476 e. The second kappa shape index (κ2) is 3.75. The molecule has 1 atom stereocenters. The molecule has 0 saturated heterocycles. The monoisotopic (exact) mass is 248 g/mol. The van der Waals surface area contributed by atoms with E-state index >= 15 is 0 Å². The molecule has 94 valence electrons. The predicted octanol–water partition coefficient (Wildman–Crippen LogP) is 2.57. The quantitative estimate of drug-likeness (QED) is 0.894. The number of alkyl halides is 3. The van der Waals surface area contributed by atoms with Gasteiger partial charge in [0.15, 0.2) is 5.69 Å². The lowest BCUT2D eigenvalue weighted by Crippen LogP contribution is -2.19. The molecule has 0 aromatic carbocycles. The van der Waals surface area contributed by atoms with Crippen LogP contribution in [0.2, 0.25) is 0 Å². The van der Waals surface area contributed by atoms with E-state index in [2.05, 4.69) is 5.10 Å².